The van der Waals surface area contributed by atoms with Crippen molar-refractivity contribution >= 4 is 29.7 Å². The molecule has 0 saturated carbocycles. The average Bonchev–Trinajstić information content (AvgIpc) is 3.10. The van der Waals surface area contributed by atoms with Crippen LogP contribution in [0.1, 0.15) is 39.0 Å². The number of hydrogen-bond donors (Lipinski definition) is 3. The predicted octanol–water partition coefficient (Wildman–Crippen LogP) is -0.389. The molecule has 1 unspecified atom stereocenters. The number of unbranched alkanes of at least 4 members (excludes halogenated alkanes) is 1. The van der Waals surface area contributed by atoms with Crippen LogP contribution in [0.15, 0.2) is 12.2 Å². The van der Waals surface area contributed by atoms with E-state index in [2.05, 4.69) is 15.4 Å². The number of primary amides is 1. The van der Waals surface area contributed by atoms with Gasteiger partial charge in [-0.3, -0.25) is 24.1 Å². The lowest BCUT2D eigenvalue weighted by Crippen LogP contribution is -2.43. The first kappa shape index (κ1) is 28.0. The molecule has 0 aliphatic carbocycles. The molecule has 1 rings (SSSR count). The van der Waals surface area contributed by atoms with E-state index in [4.69, 9.17) is 15.2 Å². The molecular formula is C21H34N4O8. The fourth-order valence-electron chi connectivity index (χ4n) is 3.00. The molecule has 12 heteroatoms. The van der Waals surface area contributed by atoms with Gasteiger partial charge >= 0.3 is 6.09 Å². The Hall–Kier alpha value is -2.99. The number of nitrogens with zero attached hydrogens (tertiary/aromatic N) is 1. The lowest BCUT2D eigenvalue weighted by Gasteiger charge is -2.25. The summed E-state index contributed by atoms with van der Waals surface area (Å²) in [4.78, 5) is 59.1. The van der Waals surface area contributed by atoms with Crippen molar-refractivity contribution in [2.75, 3.05) is 46.1 Å². The van der Waals surface area contributed by atoms with Crippen LogP contribution in [0.25, 0.3) is 0 Å². The van der Waals surface area contributed by atoms with Gasteiger partial charge in [0.2, 0.25) is 11.8 Å². The highest BCUT2D eigenvalue weighted by Gasteiger charge is 2.32. The number of amides is 5. The van der Waals surface area contributed by atoms with Crippen molar-refractivity contribution in [1.82, 2.24) is 15.5 Å². The van der Waals surface area contributed by atoms with E-state index in [1.807, 2.05) is 6.92 Å². The van der Waals surface area contributed by atoms with Gasteiger partial charge in [0.1, 0.15) is 6.61 Å². The molecule has 1 aliphatic rings. The van der Waals surface area contributed by atoms with Crippen LogP contribution in [-0.2, 0) is 33.4 Å². The van der Waals surface area contributed by atoms with Crippen LogP contribution >= 0.6 is 0 Å². The summed E-state index contributed by atoms with van der Waals surface area (Å²) in [5.74, 6) is -1.26. The lowest BCUT2D eigenvalue weighted by atomic mass is 10.0. The van der Waals surface area contributed by atoms with E-state index in [1.54, 1.807) is 0 Å². The highest BCUT2D eigenvalue weighted by atomic mass is 16.5. The maximum Gasteiger partial charge on any atom is 0.404 e. The fourth-order valence-corrected chi connectivity index (χ4v) is 3.00. The molecular weight excluding hydrogens is 436 g/mol. The van der Waals surface area contributed by atoms with Crippen molar-refractivity contribution in [2.45, 2.75) is 45.1 Å². The van der Waals surface area contributed by atoms with E-state index in [1.165, 1.54) is 12.2 Å². The topological polar surface area (TPSA) is 166 Å². The number of carbonyl (C=O) groups excluding carboxylic acids is 5. The van der Waals surface area contributed by atoms with Crippen LogP contribution in [0, 0.1) is 0 Å². The molecule has 5 amide bonds. The Balaban J connectivity index is 2.07. The number of carbonyl (C=O) groups is 5. The molecule has 0 aromatic heterocycles. The molecule has 0 aromatic rings. The van der Waals surface area contributed by atoms with Crippen LogP contribution in [0.4, 0.5) is 4.79 Å². The number of nitrogens with two attached hydrogens (primary N) is 1. The first-order valence-electron chi connectivity index (χ1n) is 11.0. The molecule has 1 heterocycles. The van der Waals surface area contributed by atoms with E-state index in [-0.39, 0.29) is 76.0 Å². The van der Waals surface area contributed by atoms with E-state index in [9.17, 15) is 24.0 Å². The van der Waals surface area contributed by atoms with Gasteiger partial charge < -0.3 is 30.6 Å². The zero-order chi connectivity index (χ0) is 24.5. The molecule has 0 fully saturated rings. The highest BCUT2D eigenvalue weighted by Crippen LogP contribution is 2.17. The van der Waals surface area contributed by atoms with Gasteiger partial charge in [0.05, 0.1) is 33.0 Å². The molecule has 0 spiro atoms. The summed E-state index contributed by atoms with van der Waals surface area (Å²) in [7, 11) is 0. The minimum atomic E-state index is -0.893. The number of ether oxygens (including phenoxy) is 3. The summed E-state index contributed by atoms with van der Waals surface area (Å²) in [5, 5.41) is 5.27. The van der Waals surface area contributed by atoms with Crippen LogP contribution in [-0.4, -0.2) is 86.8 Å². The third-order valence-electron chi connectivity index (χ3n) is 4.60. The van der Waals surface area contributed by atoms with Gasteiger partial charge in [-0.15, -0.1) is 0 Å². The van der Waals surface area contributed by atoms with Gasteiger partial charge in [-0.05, 0) is 6.42 Å². The molecule has 12 nitrogen and oxygen atoms in total. The predicted molar refractivity (Wildman–Crippen MR) is 117 cm³/mol. The molecule has 1 atom stereocenters. The smallest absolute Gasteiger partial charge is 0.404 e. The average molecular weight is 471 g/mol. The first-order valence-corrected chi connectivity index (χ1v) is 11.0. The third kappa shape index (κ3) is 12.6. The van der Waals surface area contributed by atoms with Crippen molar-refractivity contribution in [3.63, 3.8) is 0 Å². The molecule has 4 N–H and O–H groups in total. The lowest BCUT2D eigenvalue weighted by molar-refractivity contribution is -0.140. The number of rotatable bonds is 18. The zero-order valence-electron chi connectivity index (χ0n) is 19.0. The normalized spacial score (nSPS) is 13.8. The minimum absolute atomic E-state index is 0.0113. The monoisotopic (exact) mass is 470 g/mol. The number of imide groups is 1. The maximum absolute atomic E-state index is 12.2. The number of hydrogen-bond acceptors (Lipinski definition) is 8. The third-order valence-corrected chi connectivity index (χ3v) is 4.60. The fraction of sp³-hybridized carbons (Fsp3) is 0.667. The SMILES string of the molecule is CCCCC(CC(=O)NCCOCCOCCC(=O)NCCOC(N)=O)N1C(=O)C=CC1=O. The molecule has 0 bridgehead atoms. The molecule has 1 aliphatic heterocycles. The van der Waals surface area contributed by atoms with Crippen molar-refractivity contribution in [2.24, 2.45) is 5.73 Å². The van der Waals surface area contributed by atoms with Crippen molar-refractivity contribution in [3.05, 3.63) is 12.2 Å². The van der Waals surface area contributed by atoms with Crippen LogP contribution < -0.4 is 16.4 Å². The van der Waals surface area contributed by atoms with Crippen molar-refractivity contribution in [3.8, 4) is 0 Å². The van der Waals surface area contributed by atoms with Gasteiger partial charge in [-0.2, -0.15) is 0 Å². The second-order valence-corrected chi connectivity index (χ2v) is 7.22. The molecule has 0 saturated heterocycles. The Morgan fingerprint density at radius 3 is 2.18 bits per heavy atom. The Morgan fingerprint density at radius 2 is 1.55 bits per heavy atom. The zero-order valence-corrected chi connectivity index (χ0v) is 19.0. The molecule has 33 heavy (non-hydrogen) atoms. The molecule has 0 aromatic carbocycles. The van der Waals surface area contributed by atoms with Gasteiger partial charge in [-0.25, -0.2) is 4.79 Å². The summed E-state index contributed by atoms with van der Waals surface area (Å²) in [6, 6.07) is -0.456. The van der Waals surface area contributed by atoms with Gasteiger partial charge in [0.25, 0.3) is 11.8 Å². The van der Waals surface area contributed by atoms with E-state index < -0.39 is 12.1 Å². The molecule has 0 radical (unpaired) electrons. The minimum Gasteiger partial charge on any atom is -0.448 e. The van der Waals surface area contributed by atoms with Crippen LogP contribution in [0.3, 0.4) is 0 Å². The summed E-state index contributed by atoms with van der Waals surface area (Å²) >= 11 is 0. The maximum atomic E-state index is 12.2. The van der Waals surface area contributed by atoms with E-state index in [0.717, 1.165) is 17.7 Å². The van der Waals surface area contributed by atoms with Crippen LogP contribution in [0.5, 0.6) is 0 Å². The van der Waals surface area contributed by atoms with Gasteiger partial charge in [0.15, 0.2) is 0 Å². The van der Waals surface area contributed by atoms with E-state index in [0.29, 0.717) is 13.0 Å². The van der Waals surface area contributed by atoms with Crippen molar-refractivity contribution < 1.29 is 38.2 Å². The Labute approximate surface area is 193 Å². The van der Waals surface area contributed by atoms with Crippen molar-refractivity contribution in [1.29, 1.82) is 0 Å². The van der Waals surface area contributed by atoms with E-state index >= 15 is 0 Å². The Kier molecular flexibility index (Phi) is 14.1. The standard InChI is InChI=1S/C21H34N4O8/c1-2-3-4-16(25-19(28)5-6-20(25)29)15-18(27)24-8-11-32-14-13-31-10-7-17(26)23-9-12-33-21(22)30/h5-6,16H,2-4,7-15H2,1H3,(H2,22,30)(H,23,26)(H,24,27). The summed E-state index contributed by atoms with van der Waals surface area (Å²) in [5.41, 5.74) is 4.80. The quantitative estimate of drug-likeness (QED) is 0.180. The Morgan fingerprint density at radius 1 is 0.939 bits per heavy atom. The highest BCUT2D eigenvalue weighted by molar-refractivity contribution is 6.13. The van der Waals surface area contributed by atoms with Crippen LogP contribution in [0.2, 0.25) is 0 Å². The summed E-state index contributed by atoms with van der Waals surface area (Å²) < 4.78 is 15.1. The van der Waals surface area contributed by atoms with Gasteiger partial charge in [0, 0.05) is 37.6 Å². The molecule has 186 valence electrons. The van der Waals surface area contributed by atoms with Gasteiger partial charge in [-0.1, -0.05) is 19.8 Å². The Bertz CT molecular complexity index is 680. The second kappa shape index (κ2) is 16.6. The summed E-state index contributed by atoms with van der Waals surface area (Å²) in [6.45, 7) is 3.55. The largest absolute Gasteiger partial charge is 0.448 e. The second-order valence-electron chi connectivity index (χ2n) is 7.22. The summed E-state index contributed by atoms with van der Waals surface area (Å²) in [6.07, 6.45) is 4.05. The first-order chi connectivity index (χ1) is 15.8. The number of nitrogens with one attached hydrogen (secondary N) is 2.